The van der Waals surface area contributed by atoms with Crippen molar-refractivity contribution in [2.45, 2.75) is 19.8 Å². The van der Waals surface area contributed by atoms with Gasteiger partial charge in [0.2, 0.25) is 5.91 Å². The van der Waals surface area contributed by atoms with Crippen molar-refractivity contribution in [1.82, 2.24) is 5.32 Å². The summed E-state index contributed by atoms with van der Waals surface area (Å²) in [6.07, 6.45) is 1.48. The lowest BCUT2D eigenvalue weighted by Crippen LogP contribution is -2.43. The van der Waals surface area contributed by atoms with Crippen LogP contribution in [0.5, 0.6) is 0 Å². The summed E-state index contributed by atoms with van der Waals surface area (Å²) in [5.41, 5.74) is -0.388. The predicted octanol–water partition coefficient (Wildman–Crippen LogP) is 2.81. The number of halogens is 2. The first-order chi connectivity index (χ1) is 8.53. The molecule has 98 valence electrons. The molecule has 2 rings (SSSR count). The first kappa shape index (κ1) is 13.3. The number of amides is 1. The number of para-hydroxylation sites is 1. The van der Waals surface area contributed by atoms with Crippen molar-refractivity contribution in [3.8, 4) is 0 Å². The van der Waals surface area contributed by atoms with E-state index in [9.17, 15) is 9.18 Å². The van der Waals surface area contributed by atoms with E-state index in [1.807, 2.05) is 6.92 Å². The molecule has 5 heteroatoms. The van der Waals surface area contributed by atoms with Gasteiger partial charge in [0, 0.05) is 5.41 Å². The first-order valence-electron chi connectivity index (χ1n) is 5.99. The highest BCUT2D eigenvalue weighted by Crippen LogP contribution is 2.32. The standard InChI is InChI=1S/C13H16ClFN2O/c1-13(5-7-16-8-6-13)12(18)17-11-9(14)3-2-4-10(11)15/h2-4,16H,5-8H2,1H3,(H,17,18). The van der Waals surface area contributed by atoms with Crippen LogP contribution in [0.25, 0.3) is 0 Å². The van der Waals surface area contributed by atoms with Gasteiger partial charge < -0.3 is 10.6 Å². The van der Waals surface area contributed by atoms with Crippen molar-refractivity contribution in [1.29, 1.82) is 0 Å². The lowest BCUT2D eigenvalue weighted by Gasteiger charge is -2.32. The van der Waals surface area contributed by atoms with Crippen LogP contribution >= 0.6 is 11.6 Å². The number of carbonyl (C=O) groups excluding carboxylic acids is 1. The Morgan fingerprint density at radius 3 is 2.72 bits per heavy atom. The zero-order valence-corrected chi connectivity index (χ0v) is 11.0. The van der Waals surface area contributed by atoms with Crippen LogP contribution in [0.15, 0.2) is 18.2 Å². The summed E-state index contributed by atoms with van der Waals surface area (Å²) < 4.78 is 13.6. The number of rotatable bonds is 2. The van der Waals surface area contributed by atoms with E-state index in [1.165, 1.54) is 12.1 Å². The molecule has 0 saturated carbocycles. The molecule has 1 saturated heterocycles. The van der Waals surface area contributed by atoms with E-state index >= 15 is 0 Å². The Hall–Kier alpha value is -1.13. The Morgan fingerprint density at radius 2 is 2.11 bits per heavy atom. The van der Waals surface area contributed by atoms with Gasteiger partial charge in [0.1, 0.15) is 5.82 Å². The average molecular weight is 271 g/mol. The normalized spacial score (nSPS) is 18.4. The van der Waals surface area contributed by atoms with Crippen molar-refractivity contribution in [2.75, 3.05) is 18.4 Å². The molecule has 1 aliphatic heterocycles. The molecule has 1 aromatic rings. The zero-order chi connectivity index (χ0) is 13.2. The Morgan fingerprint density at radius 1 is 1.44 bits per heavy atom. The second-order valence-electron chi connectivity index (χ2n) is 4.86. The van der Waals surface area contributed by atoms with Crippen LogP contribution in [-0.4, -0.2) is 19.0 Å². The minimum Gasteiger partial charge on any atom is -0.322 e. The summed E-state index contributed by atoms with van der Waals surface area (Å²) in [6.45, 7) is 3.50. The smallest absolute Gasteiger partial charge is 0.230 e. The van der Waals surface area contributed by atoms with Gasteiger partial charge in [-0.05, 0) is 38.1 Å². The van der Waals surface area contributed by atoms with Crippen LogP contribution in [0.2, 0.25) is 5.02 Å². The van der Waals surface area contributed by atoms with E-state index in [1.54, 1.807) is 6.07 Å². The van der Waals surface area contributed by atoms with Gasteiger partial charge in [0.25, 0.3) is 0 Å². The molecule has 0 radical (unpaired) electrons. The van der Waals surface area contributed by atoms with E-state index in [0.717, 1.165) is 25.9 Å². The third-order valence-electron chi connectivity index (χ3n) is 3.46. The highest BCUT2D eigenvalue weighted by molar-refractivity contribution is 6.33. The van der Waals surface area contributed by atoms with Crippen molar-refractivity contribution >= 4 is 23.2 Å². The molecule has 0 atom stereocenters. The number of hydrogen-bond donors (Lipinski definition) is 2. The van der Waals surface area contributed by atoms with E-state index in [4.69, 9.17) is 11.6 Å². The zero-order valence-electron chi connectivity index (χ0n) is 10.2. The molecule has 0 spiro atoms. The molecule has 2 N–H and O–H groups in total. The largest absolute Gasteiger partial charge is 0.322 e. The van der Waals surface area contributed by atoms with Gasteiger partial charge in [-0.2, -0.15) is 0 Å². The predicted molar refractivity (Wildman–Crippen MR) is 70.3 cm³/mol. The lowest BCUT2D eigenvalue weighted by molar-refractivity contribution is -0.126. The molecule has 1 aliphatic rings. The van der Waals surface area contributed by atoms with Gasteiger partial charge in [-0.1, -0.05) is 24.6 Å². The molecule has 1 amide bonds. The minimum atomic E-state index is -0.506. The van der Waals surface area contributed by atoms with E-state index < -0.39 is 11.2 Å². The van der Waals surface area contributed by atoms with E-state index in [-0.39, 0.29) is 16.6 Å². The molecule has 0 bridgehead atoms. The number of benzene rings is 1. The molecule has 0 aromatic heterocycles. The maximum atomic E-state index is 13.6. The van der Waals surface area contributed by atoms with Gasteiger partial charge in [0.15, 0.2) is 0 Å². The van der Waals surface area contributed by atoms with Crippen molar-refractivity contribution in [3.05, 3.63) is 29.0 Å². The summed E-state index contributed by atoms with van der Waals surface area (Å²) >= 11 is 5.89. The van der Waals surface area contributed by atoms with Crippen LogP contribution in [0.4, 0.5) is 10.1 Å². The van der Waals surface area contributed by atoms with Crippen LogP contribution < -0.4 is 10.6 Å². The van der Waals surface area contributed by atoms with Crippen LogP contribution in [-0.2, 0) is 4.79 Å². The summed E-state index contributed by atoms with van der Waals surface area (Å²) in [5, 5.41) is 6.04. The highest BCUT2D eigenvalue weighted by atomic mass is 35.5. The molecule has 1 heterocycles. The van der Waals surface area contributed by atoms with Gasteiger partial charge in [0.05, 0.1) is 10.7 Å². The van der Waals surface area contributed by atoms with Gasteiger partial charge in [-0.15, -0.1) is 0 Å². The maximum absolute atomic E-state index is 13.6. The van der Waals surface area contributed by atoms with Crippen LogP contribution in [0.3, 0.4) is 0 Å². The SMILES string of the molecule is CC1(C(=O)Nc2c(F)cccc2Cl)CCNCC1. The average Bonchev–Trinajstić information content (AvgIpc) is 2.34. The van der Waals surface area contributed by atoms with Crippen molar-refractivity contribution < 1.29 is 9.18 Å². The molecule has 3 nitrogen and oxygen atoms in total. The van der Waals surface area contributed by atoms with Gasteiger partial charge in [-0.3, -0.25) is 4.79 Å². The maximum Gasteiger partial charge on any atom is 0.230 e. The molecule has 0 aliphatic carbocycles. The number of nitrogens with one attached hydrogen (secondary N) is 2. The Labute approximate surface area is 111 Å². The van der Waals surface area contributed by atoms with Gasteiger partial charge >= 0.3 is 0 Å². The highest BCUT2D eigenvalue weighted by Gasteiger charge is 2.35. The Bertz CT molecular complexity index is 438. The third-order valence-corrected chi connectivity index (χ3v) is 3.77. The number of hydrogen-bond acceptors (Lipinski definition) is 2. The summed E-state index contributed by atoms with van der Waals surface area (Å²) in [7, 11) is 0. The number of piperidine rings is 1. The first-order valence-corrected chi connectivity index (χ1v) is 6.37. The topological polar surface area (TPSA) is 41.1 Å². The lowest BCUT2D eigenvalue weighted by atomic mass is 9.80. The molecule has 1 aromatic carbocycles. The molecular weight excluding hydrogens is 255 g/mol. The van der Waals surface area contributed by atoms with E-state index in [0.29, 0.717) is 0 Å². The van der Waals surface area contributed by atoms with Crippen LogP contribution in [0, 0.1) is 11.2 Å². The fraction of sp³-hybridized carbons (Fsp3) is 0.462. The Kier molecular flexibility index (Phi) is 3.88. The molecule has 0 unspecified atom stereocenters. The summed E-state index contributed by atoms with van der Waals surface area (Å²) in [6, 6.07) is 4.36. The van der Waals surface area contributed by atoms with E-state index in [2.05, 4.69) is 10.6 Å². The second-order valence-corrected chi connectivity index (χ2v) is 5.27. The molecule has 1 fully saturated rings. The van der Waals surface area contributed by atoms with Crippen molar-refractivity contribution in [2.24, 2.45) is 5.41 Å². The minimum absolute atomic E-state index is 0.0731. The molecule has 18 heavy (non-hydrogen) atoms. The molecular formula is C13H16ClFN2O. The summed E-state index contributed by atoms with van der Waals surface area (Å²) in [5.74, 6) is -0.676. The number of anilines is 1. The van der Waals surface area contributed by atoms with Crippen molar-refractivity contribution in [3.63, 3.8) is 0 Å². The van der Waals surface area contributed by atoms with Crippen LogP contribution in [0.1, 0.15) is 19.8 Å². The number of carbonyl (C=O) groups is 1. The summed E-state index contributed by atoms with van der Waals surface area (Å²) in [4.78, 5) is 12.2. The third kappa shape index (κ3) is 2.65. The quantitative estimate of drug-likeness (QED) is 0.868. The fourth-order valence-electron chi connectivity index (χ4n) is 2.09. The van der Waals surface area contributed by atoms with Gasteiger partial charge in [-0.25, -0.2) is 4.39 Å². The second kappa shape index (κ2) is 5.24. The Balaban J connectivity index is 2.16. The fourth-order valence-corrected chi connectivity index (χ4v) is 2.30. The monoisotopic (exact) mass is 270 g/mol.